The van der Waals surface area contributed by atoms with Crippen LogP contribution in [0.2, 0.25) is 0 Å². The molecule has 154 valence electrons. The number of hydrogen-bond donors (Lipinski definition) is 0. The predicted octanol–water partition coefficient (Wildman–Crippen LogP) is 6.07. The Bertz CT molecular complexity index is 1120. The van der Waals surface area contributed by atoms with E-state index in [0.29, 0.717) is 17.2 Å². The molecule has 1 heterocycles. The van der Waals surface area contributed by atoms with Crippen LogP contribution in [0.4, 0.5) is 4.39 Å². The largest absolute Gasteiger partial charge is 0.493 e. The van der Waals surface area contributed by atoms with Crippen molar-refractivity contribution in [1.29, 1.82) is 0 Å². The van der Waals surface area contributed by atoms with E-state index >= 15 is 0 Å². The van der Waals surface area contributed by atoms with Gasteiger partial charge in [0.15, 0.2) is 21.4 Å². The zero-order valence-corrected chi connectivity index (χ0v) is 17.9. The highest BCUT2D eigenvalue weighted by molar-refractivity contribution is 6.52. The Balaban J connectivity index is 1.70. The summed E-state index contributed by atoms with van der Waals surface area (Å²) >= 11 is 13.9. The highest BCUT2D eigenvalue weighted by atomic mass is 35.5. The first-order chi connectivity index (χ1) is 14.4. The molecule has 6 heteroatoms. The lowest BCUT2D eigenvalue weighted by molar-refractivity contribution is 0.137. The lowest BCUT2D eigenvalue weighted by Crippen LogP contribution is -2.29. The molecule has 3 aromatic carbocycles. The van der Waals surface area contributed by atoms with Gasteiger partial charge in [0.2, 0.25) is 0 Å². The van der Waals surface area contributed by atoms with Crippen LogP contribution in [0.1, 0.15) is 22.6 Å². The van der Waals surface area contributed by atoms with E-state index in [2.05, 4.69) is 0 Å². The maximum atomic E-state index is 13.6. The summed E-state index contributed by atoms with van der Waals surface area (Å²) in [4.78, 5) is 0. The summed E-state index contributed by atoms with van der Waals surface area (Å²) in [5.74, 6) is 1.17. The van der Waals surface area contributed by atoms with Crippen molar-refractivity contribution in [2.45, 2.75) is 15.9 Å². The monoisotopic (exact) mass is 444 g/mol. The van der Waals surface area contributed by atoms with Crippen LogP contribution in [-0.4, -0.2) is 18.6 Å². The second kappa shape index (κ2) is 6.79. The molecule has 3 aromatic rings. The van der Waals surface area contributed by atoms with E-state index in [1.54, 1.807) is 26.4 Å². The fourth-order valence-corrected chi connectivity index (χ4v) is 5.69. The van der Waals surface area contributed by atoms with Crippen molar-refractivity contribution in [3.8, 4) is 17.2 Å². The third kappa shape index (κ3) is 2.57. The van der Waals surface area contributed by atoms with Crippen molar-refractivity contribution in [1.82, 2.24) is 0 Å². The summed E-state index contributed by atoms with van der Waals surface area (Å²) in [5.41, 5.74) is 1.75. The van der Waals surface area contributed by atoms with E-state index in [-0.39, 0.29) is 17.7 Å². The molecule has 3 nitrogen and oxygen atoms in total. The Morgan fingerprint density at radius 1 is 0.900 bits per heavy atom. The molecule has 0 bridgehead atoms. The van der Waals surface area contributed by atoms with Crippen LogP contribution in [0.15, 0.2) is 66.7 Å². The quantitative estimate of drug-likeness (QED) is 0.457. The first-order valence-corrected chi connectivity index (χ1v) is 10.3. The molecule has 0 unspecified atom stereocenters. The second-order valence-electron chi connectivity index (χ2n) is 7.58. The van der Waals surface area contributed by atoms with E-state index in [9.17, 15) is 4.39 Å². The van der Waals surface area contributed by atoms with Crippen molar-refractivity contribution in [2.75, 3.05) is 14.2 Å². The first-order valence-electron chi connectivity index (χ1n) is 9.57. The SMILES string of the molecule is COc1ccc([C@]23Oc4ccccc4[C@H](c4ccc(F)cc4)[C@@H]2C3(Cl)Cl)cc1OC. The van der Waals surface area contributed by atoms with Gasteiger partial charge in [0, 0.05) is 17.0 Å². The number of hydrogen-bond acceptors (Lipinski definition) is 3. The average Bonchev–Trinajstić information content (AvgIpc) is 3.27. The Morgan fingerprint density at radius 3 is 2.30 bits per heavy atom. The molecule has 0 radical (unpaired) electrons. The average molecular weight is 445 g/mol. The zero-order valence-electron chi connectivity index (χ0n) is 16.4. The number of ether oxygens (including phenoxy) is 3. The summed E-state index contributed by atoms with van der Waals surface area (Å²) in [7, 11) is 3.16. The van der Waals surface area contributed by atoms with Crippen molar-refractivity contribution in [2.24, 2.45) is 5.92 Å². The minimum atomic E-state index is -1.19. The van der Waals surface area contributed by atoms with Gasteiger partial charge in [-0.3, -0.25) is 0 Å². The van der Waals surface area contributed by atoms with Crippen molar-refractivity contribution in [3.63, 3.8) is 0 Å². The molecule has 3 atom stereocenters. The van der Waals surface area contributed by atoms with Gasteiger partial charge in [-0.25, -0.2) is 4.39 Å². The Hall–Kier alpha value is -2.43. The summed E-state index contributed by atoms with van der Waals surface area (Å²) in [6.07, 6.45) is 0. The Labute approximate surface area is 184 Å². The number of alkyl halides is 2. The molecule has 0 amide bonds. The van der Waals surface area contributed by atoms with E-state index in [1.165, 1.54) is 12.1 Å². The molecular formula is C24H19Cl2FO3. The molecular weight excluding hydrogens is 426 g/mol. The van der Waals surface area contributed by atoms with Gasteiger partial charge in [0.25, 0.3) is 0 Å². The van der Waals surface area contributed by atoms with Gasteiger partial charge in [0.05, 0.1) is 20.1 Å². The molecule has 1 aliphatic heterocycles. The summed E-state index contributed by atoms with van der Waals surface area (Å²) in [6.45, 7) is 0. The number of methoxy groups -OCH3 is 2. The lowest BCUT2D eigenvalue weighted by Gasteiger charge is -2.32. The van der Waals surface area contributed by atoms with Crippen molar-refractivity contribution in [3.05, 3.63) is 89.2 Å². The maximum Gasteiger partial charge on any atom is 0.174 e. The highest BCUT2D eigenvalue weighted by Crippen LogP contribution is 2.77. The standard InChI is InChI=1S/C24H19Cl2FO3/c1-28-19-12-9-15(13-20(19)29-2)23-22(24(23,25)26)21(14-7-10-16(27)11-8-14)17-5-3-4-6-18(17)30-23/h3-13,21-22H,1-2H3/t21-,22-,23-/m0/s1. The fraction of sp³-hybridized carbons (Fsp3) is 0.250. The molecule has 2 aliphatic rings. The normalized spacial score (nSPS) is 25.5. The highest BCUT2D eigenvalue weighted by Gasteiger charge is 2.83. The molecule has 0 N–H and O–H groups in total. The second-order valence-corrected chi connectivity index (χ2v) is 8.96. The van der Waals surface area contributed by atoms with Crippen LogP contribution in [0.25, 0.3) is 0 Å². The van der Waals surface area contributed by atoms with Crippen molar-refractivity contribution < 1.29 is 18.6 Å². The van der Waals surface area contributed by atoms with Crippen LogP contribution < -0.4 is 14.2 Å². The van der Waals surface area contributed by atoms with Gasteiger partial charge >= 0.3 is 0 Å². The summed E-state index contributed by atoms with van der Waals surface area (Å²) < 4.78 is 29.8. The molecule has 1 aliphatic carbocycles. The number of rotatable bonds is 4. The third-order valence-corrected chi connectivity index (χ3v) is 7.17. The van der Waals surface area contributed by atoms with Gasteiger partial charge in [-0.15, -0.1) is 0 Å². The van der Waals surface area contributed by atoms with Gasteiger partial charge in [-0.1, -0.05) is 59.6 Å². The molecule has 30 heavy (non-hydrogen) atoms. The van der Waals surface area contributed by atoms with Crippen LogP contribution in [0, 0.1) is 11.7 Å². The minimum Gasteiger partial charge on any atom is -0.493 e. The molecule has 0 spiro atoms. The van der Waals surface area contributed by atoms with E-state index in [1.807, 2.05) is 42.5 Å². The third-order valence-electron chi connectivity index (χ3n) is 6.14. The van der Waals surface area contributed by atoms with E-state index < -0.39 is 9.93 Å². The van der Waals surface area contributed by atoms with Gasteiger partial charge in [-0.2, -0.15) is 0 Å². The van der Waals surface area contributed by atoms with Crippen LogP contribution >= 0.6 is 23.2 Å². The topological polar surface area (TPSA) is 27.7 Å². The van der Waals surface area contributed by atoms with Gasteiger partial charge in [-0.05, 0) is 35.9 Å². The van der Waals surface area contributed by atoms with Crippen LogP contribution in [0.3, 0.4) is 0 Å². The van der Waals surface area contributed by atoms with Crippen LogP contribution in [0.5, 0.6) is 17.2 Å². The van der Waals surface area contributed by atoms with Gasteiger partial charge in [0.1, 0.15) is 11.6 Å². The molecule has 0 aromatic heterocycles. The predicted molar refractivity (Wildman–Crippen MR) is 114 cm³/mol. The Morgan fingerprint density at radius 2 is 1.60 bits per heavy atom. The Kier molecular flexibility index (Phi) is 4.42. The molecule has 1 fully saturated rings. The smallest absolute Gasteiger partial charge is 0.174 e. The first kappa shape index (κ1) is 19.5. The van der Waals surface area contributed by atoms with Crippen LogP contribution in [-0.2, 0) is 5.60 Å². The molecule has 1 saturated carbocycles. The lowest BCUT2D eigenvalue weighted by atomic mass is 9.82. The number of para-hydroxylation sites is 1. The number of halogens is 3. The number of benzene rings is 3. The molecule has 5 rings (SSSR count). The number of fused-ring (bicyclic) bond motifs is 2. The maximum absolute atomic E-state index is 13.6. The molecule has 0 saturated heterocycles. The summed E-state index contributed by atoms with van der Waals surface area (Å²) in [5, 5.41) is 0. The van der Waals surface area contributed by atoms with E-state index in [4.69, 9.17) is 37.4 Å². The van der Waals surface area contributed by atoms with Gasteiger partial charge < -0.3 is 14.2 Å². The summed E-state index contributed by atoms with van der Waals surface area (Å²) in [6, 6.07) is 19.8. The van der Waals surface area contributed by atoms with E-state index in [0.717, 1.165) is 16.7 Å². The van der Waals surface area contributed by atoms with Crippen molar-refractivity contribution >= 4 is 23.2 Å². The minimum absolute atomic E-state index is 0.154. The fourth-order valence-electron chi connectivity index (χ4n) is 4.71. The zero-order chi connectivity index (χ0) is 21.1.